The number of quaternary nitrogens is 1. The molecule has 2 rings (SSSR count). The molecule has 0 aromatic heterocycles. The number of nitriles is 1. The van der Waals surface area contributed by atoms with E-state index in [9.17, 15) is 4.79 Å². The molecule has 0 bridgehead atoms. The van der Waals surface area contributed by atoms with E-state index in [1.54, 1.807) is 0 Å². The quantitative estimate of drug-likeness (QED) is 0.546. The summed E-state index contributed by atoms with van der Waals surface area (Å²) in [6.45, 7) is 2.70. The molecule has 0 amide bonds. The van der Waals surface area contributed by atoms with Gasteiger partial charge in [-0.2, -0.15) is 5.26 Å². The number of nitrogens with two attached hydrogens (primary N) is 1. The van der Waals surface area contributed by atoms with Gasteiger partial charge < -0.3 is 27.2 Å². The van der Waals surface area contributed by atoms with Crippen LogP contribution in [0, 0.1) is 11.3 Å². The molecule has 7 heteroatoms. The zero-order chi connectivity index (χ0) is 16.1. The van der Waals surface area contributed by atoms with Gasteiger partial charge >= 0.3 is 0 Å². The van der Waals surface area contributed by atoms with E-state index in [1.165, 1.54) is 0 Å². The van der Waals surface area contributed by atoms with Gasteiger partial charge in [0.2, 0.25) is 0 Å². The predicted molar refractivity (Wildman–Crippen MR) is 80.9 cm³/mol. The van der Waals surface area contributed by atoms with Gasteiger partial charge in [-0.1, -0.05) is 0 Å². The SMILES string of the molecule is CN(C)C1(C#N)CCOCC1.C[NH2+]C.O=C1CCOCC1.[Cl-]. The van der Waals surface area contributed by atoms with Gasteiger partial charge in [-0.15, -0.1) is 0 Å². The highest BCUT2D eigenvalue weighted by atomic mass is 35.5. The number of carbonyl (C=O) groups excluding carboxylic acids is 1. The third-order valence-corrected chi connectivity index (χ3v) is 3.43. The Balaban J connectivity index is 0. The molecule has 0 aromatic rings. The van der Waals surface area contributed by atoms with Crippen molar-refractivity contribution < 1.29 is 32.0 Å². The topological polar surface area (TPSA) is 79.2 Å². The van der Waals surface area contributed by atoms with Crippen molar-refractivity contribution in [3.63, 3.8) is 0 Å². The molecule has 2 fully saturated rings. The average molecular weight is 336 g/mol. The second-order valence-electron chi connectivity index (χ2n) is 5.38. The van der Waals surface area contributed by atoms with E-state index in [4.69, 9.17) is 14.7 Å². The van der Waals surface area contributed by atoms with Crippen molar-refractivity contribution in [2.24, 2.45) is 0 Å². The zero-order valence-electron chi connectivity index (χ0n) is 14.2. The van der Waals surface area contributed by atoms with E-state index in [2.05, 4.69) is 6.07 Å². The van der Waals surface area contributed by atoms with Crippen molar-refractivity contribution in [1.82, 2.24) is 4.90 Å². The van der Waals surface area contributed by atoms with Gasteiger partial charge in [0, 0.05) is 38.9 Å². The molecule has 2 aliphatic rings. The highest BCUT2D eigenvalue weighted by molar-refractivity contribution is 5.78. The Hall–Kier alpha value is -0.710. The normalized spacial score (nSPS) is 19.5. The number of Topliss-reactive ketones (excluding diaryl/α,β-unsaturated/α-hetero) is 1. The number of rotatable bonds is 1. The lowest BCUT2D eigenvalue weighted by molar-refractivity contribution is -0.597. The van der Waals surface area contributed by atoms with Gasteiger partial charge in [0.1, 0.15) is 11.3 Å². The van der Waals surface area contributed by atoms with Crippen LogP contribution in [0.15, 0.2) is 0 Å². The van der Waals surface area contributed by atoms with Crippen molar-refractivity contribution in [2.75, 3.05) is 54.6 Å². The fourth-order valence-corrected chi connectivity index (χ4v) is 1.97. The maximum atomic E-state index is 10.4. The number of hydrogen-bond acceptors (Lipinski definition) is 5. The molecule has 0 aliphatic carbocycles. The molecule has 0 saturated carbocycles. The first kappa shape index (κ1) is 23.6. The van der Waals surface area contributed by atoms with Crippen molar-refractivity contribution >= 4 is 5.78 Å². The largest absolute Gasteiger partial charge is 1.00 e. The van der Waals surface area contributed by atoms with Gasteiger partial charge in [0.05, 0.1) is 33.4 Å². The Bertz CT molecular complexity index is 318. The second kappa shape index (κ2) is 13.9. The van der Waals surface area contributed by atoms with Gasteiger partial charge in [-0.25, -0.2) is 0 Å². The van der Waals surface area contributed by atoms with E-state index in [-0.39, 0.29) is 17.9 Å². The molecule has 0 spiro atoms. The Morgan fingerprint density at radius 2 is 1.50 bits per heavy atom. The fraction of sp³-hybridized carbons (Fsp3) is 0.867. The molecule has 130 valence electrons. The van der Waals surface area contributed by atoms with Gasteiger partial charge in [-0.05, 0) is 14.1 Å². The molecule has 0 radical (unpaired) electrons. The van der Waals surface area contributed by atoms with Crippen LogP contribution in [0.25, 0.3) is 0 Å². The first-order valence-corrected chi connectivity index (χ1v) is 7.52. The standard InChI is InChI=1S/C8H14N2O.C5H8O2.C2H7N.ClH/c1-10(2)8(7-9)3-5-11-6-4-8;6-5-1-3-7-4-2-5;1-3-2;/h3-6H2,1-2H3;1-4H2;3H,1-2H3;1H. The van der Waals surface area contributed by atoms with Gasteiger partial charge in [0.25, 0.3) is 0 Å². The van der Waals surface area contributed by atoms with Crippen molar-refractivity contribution in [3.05, 3.63) is 0 Å². The summed E-state index contributed by atoms with van der Waals surface area (Å²) in [6.07, 6.45) is 2.91. The monoisotopic (exact) mass is 335 g/mol. The van der Waals surface area contributed by atoms with E-state index >= 15 is 0 Å². The molecule has 0 aromatic carbocycles. The van der Waals surface area contributed by atoms with Gasteiger partial charge in [-0.3, -0.25) is 9.69 Å². The maximum Gasteiger partial charge on any atom is 0.137 e. The summed E-state index contributed by atoms with van der Waals surface area (Å²) in [5, 5.41) is 11.0. The molecule has 2 heterocycles. The summed E-state index contributed by atoms with van der Waals surface area (Å²) in [5.41, 5.74) is -0.266. The number of ether oxygens (including phenoxy) is 2. The summed E-state index contributed by atoms with van der Waals surface area (Å²) < 4.78 is 10.1. The van der Waals surface area contributed by atoms with Crippen LogP contribution in [0.5, 0.6) is 0 Å². The zero-order valence-corrected chi connectivity index (χ0v) is 15.0. The average Bonchev–Trinajstić information content (AvgIpc) is 2.50. The Kier molecular flexibility index (Phi) is 14.9. The summed E-state index contributed by atoms with van der Waals surface area (Å²) in [7, 11) is 7.91. The maximum absolute atomic E-state index is 10.4. The first-order chi connectivity index (χ1) is 10.0. The third-order valence-electron chi connectivity index (χ3n) is 3.43. The molecule has 2 N–H and O–H groups in total. The van der Waals surface area contributed by atoms with Crippen LogP contribution in [0.4, 0.5) is 0 Å². The van der Waals surface area contributed by atoms with Crippen LogP contribution < -0.4 is 17.7 Å². The molecule has 22 heavy (non-hydrogen) atoms. The van der Waals surface area contributed by atoms with Crippen LogP contribution in [0.3, 0.4) is 0 Å². The molecular weight excluding hydrogens is 306 g/mol. The highest BCUT2D eigenvalue weighted by Gasteiger charge is 2.34. The first-order valence-electron chi connectivity index (χ1n) is 7.52. The predicted octanol–water partition coefficient (Wildman–Crippen LogP) is -3.20. The van der Waals surface area contributed by atoms with Crippen molar-refractivity contribution in [2.45, 2.75) is 31.2 Å². The van der Waals surface area contributed by atoms with E-state index in [1.807, 2.05) is 38.4 Å². The second-order valence-corrected chi connectivity index (χ2v) is 5.38. The number of nitrogens with zero attached hydrogens (tertiary/aromatic N) is 2. The molecule has 0 unspecified atom stereocenters. The van der Waals surface area contributed by atoms with Crippen LogP contribution in [-0.4, -0.2) is 70.8 Å². The summed E-state index contributed by atoms with van der Waals surface area (Å²) in [5.74, 6) is 0.339. The molecule has 2 saturated heterocycles. The third kappa shape index (κ3) is 9.34. The molecular formula is C15H30ClN3O3. The smallest absolute Gasteiger partial charge is 0.137 e. The Morgan fingerprint density at radius 1 is 1.09 bits per heavy atom. The lowest BCUT2D eigenvalue weighted by Gasteiger charge is -2.36. The summed E-state index contributed by atoms with van der Waals surface area (Å²) in [6, 6.07) is 2.36. The molecule has 0 atom stereocenters. The minimum absolute atomic E-state index is 0. The Morgan fingerprint density at radius 3 is 1.73 bits per heavy atom. The number of carbonyl (C=O) groups is 1. The fourth-order valence-electron chi connectivity index (χ4n) is 1.97. The van der Waals surface area contributed by atoms with Crippen LogP contribution in [0.2, 0.25) is 0 Å². The van der Waals surface area contributed by atoms with Crippen LogP contribution in [0.1, 0.15) is 25.7 Å². The van der Waals surface area contributed by atoms with Crippen molar-refractivity contribution in [1.29, 1.82) is 5.26 Å². The van der Waals surface area contributed by atoms with E-state index in [0.29, 0.717) is 45.1 Å². The highest BCUT2D eigenvalue weighted by Crippen LogP contribution is 2.24. The van der Waals surface area contributed by atoms with Crippen LogP contribution >= 0.6 is 0 Å². The summed E-state index contributed by atoms with van der Waals surface area (Å²) in [4.78, 5) is 12.4. The van der Waals surface area contributed by atoms with Crippen molar-refractivity contribution in [3.8, 4) is 6.07 Å². The minimum atomic E-state index is -0.266. The lowest BCUT2D eigenvalue weighted by Crippen LogP contribution is -3.00. The van der Waals surface area contributed by atoms with E-state index in [0.717, 1.165) is 12.8 Å². The summed E-state index contributed by atoms with van der Waals surface area (Å²) >= 11 is 0. The van der Waals surface area contributed by atoms with E-state index < -0.39 is 0 Å². The van der Waals surface area contributed by atoms with Crippen LogP contribution in [-0.2, 0) is 14.3 Å². The number of ketones is 1. The lowest BCUT2D eigenvalue weighted by atomic mass is 9.91. The number of halogens is 1. The molecule has 6 nitrogen and oxygen atoms in total. The Labute approximate surface area is 140 Å². The molecule has 2 aliphatic heterocycles. The minimum Gasteiger partial charge on any atom is -1.00 e. The number of hydrogen-bond donors (Lipinski definition) is 1. The van der Waals surface area contributed by atoms with Gasteiger partial charge in [0.15, 0.2) is 0 Å².